The molecule has 104 valence electrons. The van der Waals surface area contributed by atoms with E-state index in [0.717, 1.165) is 5.56 Å². The summed E-state index contributed by atoms with van der Waals surface area (Å²) in [6.45, 7) is 4.73. The molecule has 0 spiro atoms. The van der Waals surface area contributed by atoms with Gasteiger partial charge in [-0.2, -0.15) is 5.10 Å². The quantitative estimate of drug-likeness (QED) is 0.492. The molecule has 0 aliphatic rings. The minimum absolute atomic E-state index is 0.0810. The number of carbonyl (C=O) groups is 1. The maximum Gasteiger partial charge on any atom is 0.295 e. The molecule has 0 unspecified atom stereocenters. The van der Waals surface area contributed by atoms with Crippen molar-refractivity contribution in [2.75, 3.05) is 27.7 Å². The largest absolute Gasteiger partial charge is 0.323 e. The van der Waals surface area contributed by atoms with Crippen LogP contribution in [-0.2, 0) is 4.79 Å². The van der Waals surface area contributed by atoms with E-state index in [0.29, 0.717) is 16.9 Å². The van der Waals surface area contributed by atoms with Gasteiger partial charge in [0.05, 0.1) is 27.4 Å². The Morgan fingerprint density at radius 3 is 2.32 bits per heavy atom. The van der Waals surface area contributed by atoms with E-state index in [1.165, 1.54) is 5.56 Å². The van der Waals surface area contributed by atoms with E-state index in [1.54, 1.807) is 6.21 Å². The van der Waals surface area contributed by atoms with Gasteiger partial charge in [-0.25, -0.2) is 5.43 Å². The molecule has 1 N–H and O–H groups in total. The SMILES string of the molecule is CC(C)c1ccc(C=NNC(=O)C[N+](C)(C)C)cc1. The highest BCUT2D eigenvalue weighted by Gasteiger charge is 2.12. The van der Waals surface area contributed by atoms with Crippen molar-refractivity contribution in [3.63, 3.8) is 0 Å². The molecule has 0 aliphatic heterocycles. The van der Waals surface area contributed by atoms with E-state index in [1.807, 2.05) is 33.3 Å². The zero-order valence-corrected chi connectivity index (χ0v) is 12.5. The highest BCUT2D eigenvalue weighted by atomic mass is 16.2. The topological polar surface area (TPSA) is 41.5 Å². The van der Waals surface area contributed by atoms with Crippen LogP contribution in [0.15, 0.2) is 29.4 Å². The Kier molecular flexibility index (Phi) is 5.24. The molecule has 0 heterocycles. The first-order chi connectivity index (χ1) is 8.78. The molecule has 19 heavy (non-hydrogen) atoms. The molecule has 1 aromatic rings. The number of amides is 1. The number of rotatable bonds is 5. The first-order valence-electron chi connectivity index (χ1n) is 6.50. The van der Waals surface area contributed by atoms with Gasteiger partial charge in [0.2, 0.25) is 0 Å². The van der Waals surface area contributed by atoms with Crippen molar-refractivity contribution in [1.29, 1.82) is 0 Å². The lowest BCUT2D eigenvalue weighted by atomic mass is 10.0. The molecule has 0 radical (unpaired) electrons. The number of hydrogen-bond acceptors (Lipinski definition) is 2. The smallest absolute Gasteiger partial charge is 0.295 e. The van der Waals surface area contributed by atoms with E-state index in [9.17, 15) is 4.79 Å². The van der Waals surface area contributed by atoms with Gasteiger partial charge in [0, 0.05) is 0 Å². The number of nitrogens with one attached hydrogen (secondary N) is 1. The van der Waals surface area contributed by atoms with Crippen LogP contribution in [0.3, 0.4) is 0 Å². The van der Waals surface area contributed by atoms with Crippen LogP contribution in [-0.4, -0.2) is 44.3 Å². The highest BCUT2D eigenvalue weighted by molar-refractivity contribution is 5.82. The third-order valence-corrected chi connectivity index (χ3v) is 2.62. The van der Waals surface area contributed by atoms with Crippen LogP contribution in [0.2, 0.25) is 0 Å². The normalized spacial score (nSPS) is 12.1. The molecule has 4 heteroatoms. The van der Waals surface area contributed by atoms with Gasteiger partial charge in [-0.15, -0.1) is 0 Å². The van der Waals surface area contributed by atoms with Gasteiger partial charge >= 0.3 is 0 Å². The van der Waals surface area contributed by atoms with Gasteiger partial charge < -0.3 is 4.48 Å². The molecule has 0 aliphatic carbocycles. The van der Waals surface area contributed by atoms with E-state index in [2.05, 4.69) is 36.5 Å². The zero-order chi connectivity index (χ0) is 14.5. The van der Waals surface area contributed by atoms with Crippen LogP contribution in [0.4, 0.5) is 0 Å². The van der Waals surface area contributed by atoms with Crippen LogP contribution in [0.25, 0.3) is 0 Å². The summed E-state index contributed by atoms with van der Waals surface area (Å²) in [5, 5.41) is 3.97. The summed E-state index contributed by atoms with van der Waals surface area (Å²) in [4.78, 5) is 11.6. The predicted molar refractivity (Wildman–Crippen MR) is 79.2 cm³/mol. The molecule has 4 nitrogen and oxygen atoms in total. The number of quaternary nitrogens is 1. The minimum Gasteiger partial charge on any atom is -0.323 e. The maximum absolute atomic E-state index is 11.6. The van der Waals surface area contributed by atoms with Crippen LogP contribution in [0, 0.1) is 0 Å². The monoisotopic (exact) mass is 262 g/mol. The lowest BCUT2D eigenvalue weighted by Crippen LogP contribution is -2.43. The second-order valence-electron chi connectivity index (χ2n) is 6.06. The lowest BCUT2D eigenvalue weighted by molar-refractivity contribution is -0.862. The van der Waals surface area contributed by atoms with E-state index < -0.39 is 0 Å². The fraction of sp³-hybridized carbons (Fsp3) is 0.467. The Hall–Kier alpha value is -1.68. The van der Waals surface area contributed by atoms with Crippen LogP contribution in [0.1, 0.15) is 30.9 Å². The van der Waals surface area contributed by atoms with E-state index >= 15 is 0 Å². The van der Waals surface area contributed by atoms with Gasteiger partial charge in [-0.1, -0.05) is 38.1 Å². The molecule has 0 atom stereocenters. The lowest BCUT2D eigenvalue weighted by Gasteiger charge is -2.21. The first-order valence-corrected chi connectivity index (χ1v) is 6.50. The highest BCUT2D eigenvalue weighted by Crippen LogP contribution is 2.13. The minimum atomic E-state index is -0.0810. The van der Waals surface area contributed by atoms with Crippen LogP contribution >= 0.6 is 0 Å². The van der Waals surface area contributed by atoms with Crippen molar-refractivity contribution < 1.29 is 9.28 Å². The molecule has 0 fully saturated rings. The molecule has 1 aromatic carbocycles. The summed E-state index contributed by atoms with van der Waals surface area (Å²) >= 11 is 0. The fourth-order valence-corrected chi connectivity index (χ4v) is 1.61. The van der Waals surface area contributed by atoms with Crippen molar-refractivity contribution in [3.05, 3.63) is 35.4 Å². The summed E-state index contributed by atoms with van der Waals surface area (Å²) in [6.07, 6.45) is 1.66. The summed E-state index contributed by atoms with van der Waals surface area (Å²) in [5.74, 6) is 0.442. The fourth-order valence-electron chi connectivity index (χ4n) is 1.61. The Morgan fingerprint density at radius 1 is 1.26 bits per heavy atom. The van der Waals surface area contributed by atoms with Crippen molar-refractivity contribution >= 4 is 12.1 Å². The van der Waals surface area contributed by atoms with Crippen LogP contribution < -0.4 is 5.43 Å². The van der Waals surface area contributed by atoms with Gasteiger partial charge in [0.1, 0.15) is 0 Å². The molecule has 0 saturated heterocycles. The Bertz CT molecular complexity index is 441. The summed E-state index contributed by atoms with van der Waals surface area (Å²) in [6, 6.07) is 8.18. The standard InChI is InChI=1S/C15H23N3O/c1-12(2)14-8-6-13(7-9-14)10-16-17-15(19)11-18(3,4)5/h6-10,12H,11H2,1-5H3/p+1. The predicted octanol–water partition coefficient (Wildman–Crippen LogP) is 1.97. The molecular weight excluding hydrogens is 238 g/mol. The Morgan fingerprint density at radius 2 is 1.84 bits per heavy atom. The summed E-state index contributed by atoms with van der Waals surface area (Å²) in [7, 11) is 5.90. The number of hydrogen-bond donors (Lipinski definition) is 1. The molecule has 0 aromatic heterocycles. The molecule has 1 rings (SSSR count). The van der Waals surface area contributed by atoms with Gasteiger partial charge in [-0.05, 0) is 17.0 Å². The molecular formula is C15H24N3O+. The molecule has 0 bridgehead atoms. The summed E-state index contributed by atoms with van der Waals surface area (Å²) in [5.41, 5.74) is 4.82. The van der Waals surface area contributed by atoms with Crippen molar-refractivity contribution in [2.45, 2.75) is 19.8 Å². The van der Waals surface area contributed by atoms with Crippen molar-refractivity contribution in [3.8, 4) is 0 Å². The number of likely N-dealkylation sites (N-methyl/N-ethyl adjacent to an activating group) is 1. The Balaban J connectivity index is 2.51. The van der Waals surface area contributed by atoms with Gasteiger partial charge in [-0.3, -0.25) is 4.79 Å². The second-order valence-corrected chi connectivity index (χ2v) is 6.06. The molecule has 1 amide bonds. The van der Waals surface area contributed by atoms with E-state index in [4.69, 9.17) is 0 Å². The van der Waals surface area contributed by atoms with Crippen molar-refractivity contribution in [1.82, 2.24) is 5.43 Å². The number of carbonyl (C=O) groups excluding carboxylic acids is 1. The maximum atomic E-state index is 11.6. The number of benzene rings is 1. The van der Waals surface area contributed by atoms with E-state index in [-0.39, 0.29) is 5.91 Å². The zero-order valence-electron chi connectivity index (χ0n) is 12.5. The molecule has 0 saturated carbocycles. The van der Waals surface area contributed by atoms with Gasteiger partial charge in [0.25, 0.3) is 5.91 Å². The third-order valence-electron chi connectivity index (χ3n) is 2.62. The van der Waals surface area contributed by atoms with Gasteiger partial charge in [0.15, 0.2) is 6.54 Å². The van der Waals surface area contributed by atoms with Crippen molar-refractivity contribution in [2.24, 2.45) is 5.10 Å². The number of hydrazone groups is 1. The Labute approximate surface area is 115 Å². The third kappa shape index (κ3) is 6.15. The van der Waals surface area contributed by atoms with Crippen LogP contribution in [0.5, 0.6) is 0 Å². The second kappa shape index (κ2) is 6.48. The first kappa shape index (κ1) is 15.4. The average molecular weight is 262 g/mol. The summed E-state index contributed by atoms with van der Waals surface area (Å²) < 4.78 is 0.588. The number of nitrogens with zero attached hydrogens (tertiary/aromatic N) is 2. The average Bonchev–Trinajstić information content (AvgIpc) is 2.27.